The van der Waals surface area contributed by atoms with Gasteiger partial charge in [0.25, 0.3) is 0 Å². The van der Waals surface area contributed by atoms with E-state index in [0.717, 1.165) is 6.92 Å². The van der Waals surface area contributed by atoms with Crippen LogP contribution in [-0.2, 0) is 0 Å². The molecule has 64 valence electrons. The van der Waals surface area contributed by atoms with Crippen LogP contribution >= 0.6 is 12.4 Å². The molecule has 0 aromatic heterocycles. The maximum absolute atomic E-state index is 12.0. The molecule has 0 aliphatic heterocycles. The van der Waals surface area contributed by atoms with Gasteiger partial charge in [-0.2, -0.15) is 0 Å². The monoisotopic (exact) mass is 173 g/mol. The second-order valence-electron chi connectivity index (χ2n) is 2.59. The Morgan fingerprint density at radius 2 is 1.90 bits per heavy atom. The second kappa shape index (κ2) is 4.85. The lowest BCUT2D eigenvalue weighted by molar-refractivity contribution is 0.00965. The van der Waals surface area contributed by atoms with Gasteiger partial charge >= 0.3 is 0 Å². The smallest absolute Gasteiger partial charge is 0.245 e. The molecule has 0 radical (unpaired) electrons. The lowest BCUT2D eigenvalue weighted by Crippen LogP contribution is -2.19. The highest BCUT2D eigenvalue weighted by Crippen LogP contribution is 2.18. The predicted molar refractivity (Wildman–Crippen MR) is 40.8 cm³/mol. The van der Waals surface area contributed by atoms with Gasteiger partial charge in [-0.15, -0.1) is 12.4 Å². The molecular weight excluding hydrogens is 160 g/mol. The Hall–Kier alpha value is 0.110. The molecule has 0 unspecified atom stereocenters. The van der Waals surface area contributed by atoms with Crippen LogP contribution in [-0.4, -0.2) is 12.0 Å². The van der Waals surface area contributed by atoms with Gasteiger partial charge in [0.05, 0.1) is 0 Å². The second-order valence-corrected chi connectivity index (χ2v) is 2.59. The lowest BCUT2D eigenvalue weighted by Gasteiger charge is -2.10. The summed E-state index contributed by atoms with van der Waals surface area (Å²) in [4.78, 5) is 0. The maximum atomic E-state index is 12.0. The molecule has 4 heteroatoms. The van der Waals surface area contributed by atoms with Crippen LogP contribution in [0.4, 0.5) is 8.78 Å². The van der Waals surface area contributed by atoms with Crippen molar-refractivity contribution in [2.75, 3.05) is 0 Å². The summed E-state index contributed by atoms with van der Waals surface area (Å²) in [5, 5.41) is 0. The molecule has 0 rings (SSSR count). The van der Waals surface area contributed by atoms with Crippen molar-refractivity contribution in [3.63, 3.8) is 0 Å². The fraction of sp³-hybridized carbons (Fsp3) is 1.00. The van der Waals surface area contributed by atoms with Gasteiger partial charge in [-0.1, -0.05) is 0 Å². The SMILES string of the molecule is C[C@H](N)CCC(C)(F)F.Cl. The minimum atomic E-state index is -2.55. The zero-order valence-electron chi connectivity index (χ0n) is 6.23. The summed E-state index contributed by atoms with van der Waals surface area (Å²) in [6, 6.07) is -0.115. The third-order valence-corrected chi connectivity index (χ3v) is 1.04. The molecule has 2 N–H and O–H groups in total. The third kappa shape index (κ3) is 11.0. The standard InChI is InChI=1S/C6H13F2N.ClH/c1-5(9)3-4-6(2,7)8;/h5H,3-4,9H2,1-2H3;1H/t5-;/m0./s1. The number of hydrogen-bond acceptors (Lipinski definition) is 1. The Bertz CT molecular complexity index is 80.3. The molecule has 0 heterocycles. The fourth-order valence-electron chi connectivity index (χ4n) is 0.481. The number of hydrogen-bond donors (Lipinski definition) is 1. The molecule has 0 fully saturated rings. The van der Waals surface area contributed by atoms with E-state index in [1.54, 1.807) is 6.92 Å². The quantitative estimate of drug-likeness (QED) is 0.696. The van der Waals surface area contributed by atoms with E-state index in [9.17, 15) is 8.78 Å². The van der Waals surface area contributed by atoms with Crippen LogP contribution in [0.2, 0.25) is 0 Å². The Balaban J connectivity index is 0. The van der Waals surface area contributed by atoms with Crippen LogP contribution in [0.1, 0.15) is 26.7 Å². The highest BCUT2D eigenvalue weighted by Gasteiger charge is 2.20. The topological polar surface area (TPSA) is 26.0 Å². The molecule has 10 heavy (non-hydrogen) atoms. The highest BCUT2D eigenvalue weighted by molar-refractivity contribution is 5.85. The molecule has 0 bridgehead atoms. The van der Waals surface area contributed by atoms with E-state index < -0.39 is 5.92 Å². The van der Waals surface area contributed by atoms with Crippen molar-refractivity contribution in [3.05, 3.63) is 0 Å². The zero-order valence-corrected chi connectivity index (χ0v) is 7.05. The Morgan fingerprint density at radius 1 is 1.50 bits per heavy atom. The van der Waals surface area contributed by atoms with Crippen LogP contribution in [0.3, 0.4) is 0 Å². The van der Waals surface area contributed by atoms with Gasteiger partial charge in [0.2, 0.25) is 5.92 Å². The van der Waals surface area contributed by atoms with E-state index in [1.807, 2.05) is 0 Å². The van der Waals surface area contributed by atoms with E-state index in [-0.39, 0.29) is 24.9 Å². The third-order valence-electron chi connectivity index (χ3n) is 1.04. The highest BCUT2D eigenvalue weighted by atomic mass is 35.5. The molecule has 0 amide bonds. The molecule has 0 aromatic rings. The first-order valence-electron chi connectivity index (χ1n) is 3.05. The minimum absolute atomic E-state index is 0. The van der Waals surface area contributed by atoms with Crippen molar-refractivity contribution in [1.29, 1.82) is 0 Å². The van der Waals surface area contributed by atoms with Crippen molar-refractivity contribution in [3.8, 4) is 0 Å². The van der Waals surface area contributed by atoms with Gasteiger partial charge in [0, 0.05) is 12.5 Å². The fourth-order valence-corrected chi connectivity index (χ4v) is 0.481. The van der Waals surface area contributed by atoms with Crippen molar-refractivity contribution in [2.24, 2.45) is 5.73 Å². The van der Waals surface area contributed by atoms with Crippen molar-refractivity contribution in [1.82, 2.24) is 0 Å². The summed E-state index contributed by atoms with van der Waals surface area (Å²) in [5.74, 6) is -2.55. The molecule has 0 saturated carbocycles. The predicted octanol–water partition coefficient (Wildman–Crippen LogP) is 2.19. The molecule has 0 aliphatic carbocycles. The van der Waals surface area contributed by atoms with Gasteiger partial charge < -0.3 is 5.73 Å². The van der Waals surface area contributed by atoms with Gasteiger partial charge in [0.1, 0.15) is 0 Å². The molecule has 0 spiro atoms. The average molecular weight is 174 g/mol. The van der Waals surface area contributed by atoms with E-state index >= 15 is 0 Å². The molecule has 1 atom stereocenters. The first-order chi connectivity index (χ1) is 3.92. The summed E-state index contributed by atoms with van der Waals surface area (Å²) >= 11 is 0. The van der Waals surface area contributed by atoms with Gasteiger partial charge in [-0.25, -0.2) is 8.78 Å². The Kier molecular flexibility index (Phi) is 6.19. The summed E-state index contributed by atoms with van der Waals surface area (Å²) in [5.41, 5.74) is 5.27. The number of rotatable bonds is 3. The summed E-state index contributed by atoms with van der Waals surface area (Å²) in [7, 11) is 0. The molecule has 0 aliphatic rings. The molecular formula is C6H14ClF2N. The van der Waals surface area contributed by atoms with E-state index in [1.165, 1.54) is 0 Å². The minimum Gasteiger partial charge on any atom is -0.328 e. The lowest BCUT2D eigenvalue weighted by atomic mass is 10.1. The van der Waals surface area contributed by atoms with Crippen molar-refractivity contribution >= 4 is 12.4 Å². The largest absolute Gasteiger partial charge is 0.328 e. The van der Waals surface area contributed by atoms with E-state index in [2.05, 4.69) is 0 Å². The first kappa shape index (κ1) is 12.8. The normalized spacial score (nSPS) is 14.1. The Morgan fingerprint density at radius 3 is 2.00 bits per heavy atom. The maximum Gasteiger partial charge on any atom is 0.245 e. The summed E-state index contributed by atoms with van der Waals surface area (Å²) < 4.78 is 24.1. The van der Waals surface area contributed by atoms with Gasteiger partial charge in [0.15, 0.2) is 0 Å². The van der Waals surface area contributed by atoms with Crippen LogP contribution in [0.5, 0.6) is 0 Å². The van der Waals surface area contributed by atoms with Crippen molar-refractivity contribution in [2.45, 2.75) is 38.7 Å². The molecule has 1 nitrogen and oxygen atoms in total. The zero-order chi connectivity index (χ0) is 7.49. The van der Waals surface area contributed by atoms with Gasteiger partial charge in [-0.05, 0) is 20.3 Å². The first-order valence-corrected chi connectivity index (χ1v) is 3.05. The number of nitrogens with two attached hydrogens (primary N) is 1. The van der Waals surface area contributed by atoms with Crippen LogP contribution in [0.25, 0.3) is 0 Å². The summed E-state index contributed by atoms with van der Waals surface area (Å²) in [6.07, 6.45) is 0.286. The Labute approximate surface area is 66.4 Å². The van der Waals surface area contributed by atoms with Gasteiger partial charge in [-0.3, -0.25) is 0 Å². The van der Waals surface area contributed by atoms with E-state index in [0.29, 0.717) is 6.42 Å². The van der Waals surface area contributed by atoms with E-state index in [4.69, 9.17) is 5.73 Å². The number of alkyl halides is 2. The number of halogens is 3. The molecule has 0 saturated heterocycles. The van der Waals surface area contributed by atoms with Crippen molar-refractivity contribution < 1.29 is 8.78 Å². The summed E-state index contributed by atoms with van der Waals surface area (Å²) in [6.45, 7) is 2.64. The van der Waals surface area contributed by atoms with Crippen LogP contribution < -0.4 is 5.73 Å². The van der Waals surface area contributed by atoms with Crippen LogP contribution in [0.15, 0.2) is 0 Å². The molecule has 0 aromatic carbocycles. The van der Waals surface area contributed by atoms with Crippen LogP contribution in [0, 0.1) is 0 Å². The average Bonchev–Trinajstić information content (AvgIpc) is 1.59.